The third-order valence-electron chi connectivity index (χ3n) is 4.27. The van der Waals surface area contributed by atoms with Crippen LogP contribution in [0.4, 0.5) is 0 Å². The summed E-state index contributed by atoms with van der Waals surface area (Å²) in [5, 5.41) is 10.6. The second-order valence-electron chi connectivity index (χ2n) is 5.89. The Morgan fingerprint density at radius 2 is 2.09 bits per heavy atom. The van der Waals surface area contributed by atoms with E-state index in [9.17, 15) is 13.5 Å². The number of aliphatic hydroxyl groups is 1. The van der Waals surface area contributed by atoms with Gasteiger partial charge in [0.1, 0.15) is 4.90 Å². The van der Waals surface area contributed by atoms with Crippen LogP contribution in [-0.4, -0.2) is 31.2 Å². The van der Waals surface area contributed by atoms with Gasteiger partial charge in [0.2, 0.25) is 10.0 Å². The van der Waals surface area contributed by atoms with Crippen molar-refractivity contribution in [3.8, 4) is 0 Å². The van der Waals surface area contributed by atoms with Crippen LogP contribution >= 0.6 is 0 Å². The Hall–Kier alpha value is -1.50. The van der Waals surface area contributed by atoms with Gasteiger partial charge >= 0.3 is 0 Å². The molecule has 22 heavy (non-hydrogen) atoms. The lowest BCUT2D eigenvalue weighted by atomic mass is 10.1. The smallest absolute Gasteiger partial charge is 0.242 e. The van der Waals surface area contributed by atoms with Gasteiger partial charge in [0.15, 0.2) is 0 Å². The first kappa shape index (κ1) is 15.4. The lowest BCUT2D eigenvalue weighted by Gasteiger charge is -2.16. The topological polar surface area (TPSA) is 79.3 Å². The minimum absolute atomic E-state index is 0.000512. The Balaban J connectivity index is 1.90. The van der Waals surface area contributed by atoms with E-state index in [4.69, 9.17) is 0 Å². The van der Waals surface area contributed by atoms with E-state index in [1.807, 2.05) is 25.1 Å². The van der Waals surface area contributed by atoms with Crippen molar-refractivity contribution in [1.82, 2.24) is 9.71 Å². The van der Waals surface area contributed by atoms with Gasteiger partial charge in [-0.05, 0) is 37.8 Å². The quantitative estimate of drug-likeness (QED) is 0.903. The molecule has 1 aliphatic carbocycles. The predicted molar refractivity (Wildman–Crippen MR) is 85.0 cm³/mol. The molecule has 1 aromatic heterocycles. The van der Waals surface area contributed by atoms with Crippen molar-refractivity contribution in [2.24, 2.45) is 5.92 Å². The molecule has 0 spiro atoms. The van der Waals surface area contributed by atoms with Gasteiger partial charge in [-0.1, -0.05) is 24.6 Å². The minimum atomic E-state index is -3.64. The molecule has 6 heteroatoms. The van der Waals surface area contributed by atoms with Crippen molar-refractivity contribution in [3.05, 3.63) is 36.0 Å². The molecule has 0 amide bonds. The van der Waals surface area contributed by atoms with Crippen LogP contribution < -0.4 is 4.72 Å². The molecule has 2 N–H and O–H groups in total. The number of hydrogen-bond acceptors (Lipinski definition) is 4. The van der Waals surface area contributed by atoms with Crippen LogP contribution in [0.5, 0.6) is 0 Å². The predicted octanol–water partition coefficient (Wildman–Crippen LogP) is 1.98. The molecule has 2 aromatic rings. The first-order valence-electron chi connectivity index (χ1n) is 7.51. The molecule has 2 atom stereocenters. The number of pyridine rings is 1. The first-order chi connectivity index (χ1) is 10.5. The second kappa shape index (κ2) is 5.95. The van der Waals surface area contributed by atoms with Gasteiger partial charge in [-0.15, -0.1) is 0 Å². The maximum Gasteiger partial charge on any atom is 0.242 e. The van der Waals surface area contributed by atoms with E-state index < -0.39 is 16.1 Å². The van der Waals surface area contributed by atoms with Crippen molar-refractivity contribution >= 4 is 20.9 Å². The Labute approximate surface area is 130 Å². The van der Waals surface area contributed by atoms with E-state index in [0.29, 0.717) is 5.52 Å². The summed E-state index contributed by atoms with van der Waals surface area (Å²) in [6.45, 7) is 2.11. The summed E-state index contributed by atoms with van der Waals surface area (Å²) in [6, 6.07) is 8.88. The molecular formula is C16H20N2O3S. The van der Waals surface area contributed by atoms with Crippen LogP contribution in [0.25, 0.3) is 10.9 Å². The fourth-order valence-corrected chi connectivity index (χ4v) is 4.25. The number of sulfonamides is 1. The molecule has 0 bridgehead atoms. The Kier molecular flexibility index (Phi) is 4.16. The number of fused-ring (bicyclic) bond motifs is 1. The highest BCUT2D eigenvalue weighted by Crippen LogP contribution is 2.26. The van der Waals surface area contributed by atoms with Gasteiger partial charge < -0.3 is 5.11 Å². The first-order valence-corrected chi connectivity index (χ1v) is 9.00. The van der Waals surface area contributed by atoms with Crippen molar-refractivity contribution in [1.29, 1.82) is 0 Å². The molecule has 0 aliphatic heterocycles. The van der Waals surface area contributed by atoms with E-state index in [0.717, 1.165) is 30.3 Å². The molecule has 1 aromatic carbocycles. The average Bonchev–Trinajstić information content (AvgIpc) is 2.90. The fourth-order valence-electron chi connectivity index (χ4n) is 2.98. The van der Waals surface area contributed by atoms with Gasteiger partial charge in [0, 0.05) is 17.6 Å². The molecule has 118 valence electrons. The zero-order chi connectivity index (χ0) is 15.7. The number of aliphatic hydroxyl groups excluding tert-OH is 1. The molecule has 1 heterocycles. The van der Waals surface area contributed by atoms with Crippen LogP contribution in [0.3, 0.4) is 0 Å². The van der Waals surface area contributed by atoms with Gasteiger partial charge in [-0.3, -0.25) is 4.98 Å². The van der Waals surface area contributed by atoms with Gasteiger partial charge in [0.05, 0.1) is 11.6 Å². The number of rotatable bonds is 4. The van der Waals surface area contributed by atoms with E-state index in [1.54, 1.807) is 12.1 Å². The summed E-state index contributed by atoms with van der Waals surface area (Å²) >= 11 is 0. The minimum Gasteiger partial charge on any atom is -0.393 e. The molecule has 3 rings (SSSR count). The maximum absolute atomic E-state index is 12.6. The summed E-state index contributed by atoms with van der Waals surface area (Å²) in [5.41, 5.74) is 1.27. The number of nitrogens with one attached hydrogen (secondary N) is 1. The summed E-state index contributed by atoms with van der Waals surface area (Å²) < 4.78 is 27.8. The van der Waals surface area contributed by atoms with E-state index in [2.05, 4.69) is 9.71 Å². The highest BCUT2D eigenvalue weighted by Gasteiger charge is 2.27. The molecule has 0 radical (unpaired) electrons. The zero-order valence-electron chi connectivity index (χ0n) is 12.5. The molecule has 0 saturated heterocycles. The maximum atomic E-state index is 12.6. The van der Waals surface area contributed by atoms with Crippen molar-refractivity contribution < 1.29 is 13.5 Å². The second-order valence-corrected chi connectivity index (χ2v) is 7.63. The van der Waals surface area contributed by atoms with Crippen LogP contribution in [0.15, 0.2) is 35.2 Å². The van der Waals surface area contributed by atoms with Crippen LogP contribution in [0.2, 0.25) is 0 Å². The summed E-state index contributed by atoms with van der Waals surface area (Å²) in [6.07, 6.45) is 2.15. The Morgan fingerprint density at radius 1 is 1.27 bits per heavy atom. The molecule has 1 fully saturated rings. The number of nitrogens with zero attached hydrogens (tertiary/aromatic N) is 1. The molecule has 1 saturated carbocycles. The zero-order valence-corrected chi connectivity index (χ0v) is 13.3. The normalized spacial score (nSPS) is 22.3. The summed E-state index contributed by atoms with van der Waals surface area (Å²) in [4.78, 5) is 4.56. The largest absolute Gasteiger partial charge is 0.393 e. The van der Waals surface area contributed by atoms with Gasteiger partial charge in [-0.25, -0.2) is 13.1 Å². The monoisotopic (exact) mass is 320 g/mol. The van der Waals surface area contributed by atoms with Crippen LogP contribution in [0, 0.1) is 12.8 Å². The summed E-state index contributed by atoms with van der Waals surface area (Å²) in [7, 11) is -3.64. The van der Waals surface area contributed by atoms with Gasteiger partial charge in [-0.2, -0.15) is 0 Å². The third-order valence-corrected chi connectivity index (χ3v) is 5.72. The Bertz CT molecular complexity index is 789. The lowest BCUT2D eigenvalue weighted by molar-refractivity contribution is 0.134. The van der Waals surface area contributed by atoms with Crippen LogP contribution in [-0.2, 0) is 10.0 Å². The Morgan fingerprint density at radius 3 is 2.82 bits per heavy atom. The molecule has 5 nitrogen and oxygen atoms in total. The average molecular weight is 320 g/mol. The number of hydrogen-bond donors (Lipinski definition) is 2. The van der Waals surface area contributed by atoms with Crippen molar-refractivity contribution in [2.75, 3.05) is 6.54 Å². The third kappa shape index (κ3) is 2.99. The fraction of sp³-hybridized carbons (Fsp3) is 0.438. The highest BCUT2D eigenvalue weighted by molar-refractivity contribution is 7.89. The SMILES string of the molecule is Cc1ccc2cccc(S(=O)(=O)NC[C@H]3CCC[C@H]3O)c2n1. The molecular weight excluding hydrogens is 300 g/mol. The lowest BCUT2D eigenvalue weighted by Crippen LogP contribution is -2.32. The number of para-hydroxylation sites is 1. The molecule has 0 unspecified atom stereocenters. The highest BCUT2D eigenvalue weighted by atomic mass is 32.2. The number of aromatic nitrogens is 1. The van der Waals surface area contributed by atoms with Gasteiger partial charge in [0.25, 0.3) is 0 Å². The number of benzene rings is 1. The number of aryl methyl sites for hydroxylation is 1. The van der Waals surface area contributed by atoms with E-state index in [1.165, 1.54) is 0 Å². The van der Waals surface area contributed by atoms with Crippen molar-refractivity contribution in [2.45, 2.75) is 37.2 Å². The van der Waals surface area contributed by atoms with Crippen molar-refractivity contribution in [3.63, 3.8) is 0 Å². The summed E-state index contributed by atoms with van der Waals surface area (Å²) in [5.74, 6) is -0.000512. The molecule has 1 aliphatic rings. The van der Waals surface area contributed by atoms with Crippen LogP contribution in [0.1, 0.15) is 25.0 Å². The van der Waals surface area contributed by atoms with E-state index in [-0.39, 0.29) is 17.4 Å². The van der Waals surface area contributed by atoms with E-state index >= 15 is 0 Å². The standard InChI is InChI=1S/C16H20N2O3S/c1-11-8-9-12-4-3-7-15(16(12)18-11)22(20,21)17-10-13-5-2-6-14(13)19/h3-4,7-9,13-14,17,19H,2,5-6,10H2,1H3/t13-,14-/m1/s1.